The van der Waals surface area contributed by atoms with Crippen LogP contribution in [-0.2, 0) is 14.3 Å². The molecule has 0 unspecified atom stereocenters. The second kappa shape index (κ2) is 8.81. The molecule has 0 heterocycles. The van der Waals surface area contributed by atoms with E-state index in [0.717, 1.165) is 5.56 Å². The molecule has 0 aliphatic carbocycles. The molecule has 2 amide bonds. The molecule has 0 saturated carbocycles. The fourth-order valence-corrected chi connectivity index (χ4v) is 1.79. The minimum absolute atomic E-state index is 0.0365. The zero-order valence-corrected chi connectivity index (χ0v) is 13.2. The topological polar surface area (TPSA) is 75.7 Å². The Labute approximate surface area is 130 Å². The third-order valence-electron chi connectivity index (χ3n) is 3.06. The number of hydrogen-bond donors (Lipinski definition) is 1. The lowest BCUT2D eigenvalue weighted by Crippen LogP contribution is -2.42. The maximum absolute atomic E-state index is 12.0. The average molecular weight is 306 g/mol. The summed E-state index contributed by atoms with van der Waals surface area (Å²) in [6.45, 7) is 5.95. The van der Waals surface area contributed by atoms with Gasteiger partial charge in [0.05, 0.1) is 12.1 Å². The molecule has 0 bridgehead atoms. The normalized spacial score (nSPS) is 9.95. The molecule has 1 aromatic carbocycles. The van der Waals surface area contributed by atoms with E-state index in [1.165, 1.54) is 4.90 Å². The Kier molecular flexibility index (Phi) is 7.08. The molecule has 1 rings (SSSR count). The largest absolute Gasteiger partial charge is 0.452 e. The number of amides is 2. The Balaban J connectivity index is 2.50. The van der Waals surface area contributed by atoms with Crippen LogP contribution in [0.3, 0.4) is 0 Å². The van der Waals surface area contributed by atoms with Gasteiger partial charge in [-0.3, -0.25) is 9.59 Å². The summed E-state index contributed by atoms with van der Waals surface area (Å²) < 4.78 is 4.99. The van der Waals surface area contributed by atoms with Crippen molar-refractivity contribution in [3.63, 3.8) is 0 Å². The minimum atomic E-state index is -0.553. The maximum Gasteiger partial charge on any atom is 0.338 e. The van der Waals surface area contributed by atoms with Crippen molar-refractivity contribution in [1.29, 1.82) is 0 Å². The Morgan fingerprint density at radius 1 is 1.14 bits per heavy atom. The molecule has 22 heavy (non-hydrogen) atoms. The van der Waals surface area contributed by atoms with Gasteiger partial charge in [0.15, 0.2) is 6.61 Å². The molecule has 120 valence electrons. The molecule has 1 aromatic rings. The number of carbonyl (C=O) groups is 3. The van der Waals surface area contributed by atoms with Gasteiger partial charge in [-0.25, -0.2) is 4.79 Å². The van der Waals surface area contributed by atoms with Gasteiger partial charge in [-0.2, -0.15) is 0 Å². The summed E-state index contributed by atoms with van der Waals surface area (Å²) in [6.07, 6.45) is 0. The SMILES string of the molecule is CCNC(=O)CN(CC)C(=O)COC(=O)c1ccc(C)cc1. The van der Waals surface area contributed by atoms with Crippen molar-refractivity contribution >= 4 is 17.8 Å². The summed E-state index contributed by atoms with van der Waals surface area (Å²) in [5.41, 5.74) is 1.43. The average Bonchev–Trinajstić information content (AvgIpc) is 2.50. The zero-order chi connectivity index (χ0) is 16.5. The van der Waals surface area contributed by atoms with Crippen LogP contribution in [0.25, 0.3) is 0 Å². The third-order valence-corrected chi connectivity index (χ3v) is 3.06. The number of rotatable bonds is 7. The van der Waals surface area contributed by atoms with E-state index < -0.39 is 11.9 Å². The van der Waals surface area contributed by atoms with Crippen molar-refractivity contribution in [1.82, 2.24) is 10.2 Å². The summed E-state index contributed by atoms with van der Waals surface area (Å²) in [5.74, 6) is -1.18. The molecule has 0 aromatic heterocycles. The fraction of sp³-hybridized carbons (Fsp3) is 0.438. The summed E-state index contributed by atoms with van der Waals surface area (Å²) in [4.78, 5) is 36.6. The number of nitrogens with one attached hydrogen (secondary N) is 1. The Morgan fingerprint density at radius 3 is 2.32 bits per heavy atom. The first-order chi connectivity index (χ1) is 10.5. The first-order valence-corrected chi connectivity index (χ1v) is 7.26. The van der Waals surface area contributed by atoms with Gasteiger partial charge in [-0.05, 0) is 32.9 Å². The summed E-state index contributed by atoms with van der Waals surface area (Å²) in [7, 11) is 0. The van der Waals surface area contributed by atoms with Crippen molar-refractivity contribution in [2.45, 2.75) is 20.8 Å². The van der Waals surface area contributed by atoms with Crippen LogP contribution in [0.15, 0.2) is 24.3 Å². The summed E-state index contributed by atoms with van der Waals surface area (Å²) >= 11 is 0. The molecule has 0 atom stereocenters. The van der Waals surface area contributed by atoms with E-state index in [-0.39, 0.29) is 19.1 Å². The highest BCUT2D eigenvalue weighted by Gasteiger charge is 2.17. The van der Waals surface area contributed by atoms with E-state index in [4.69, 9.17) is 4.74 Å². The molecule has 0 aliphatic rings. The van der Waals surface area contributed by atoms with E-state index in [2.05, 4.69) is 5.32 Å². The zero-order valence-electron chi connectivity index (χ0n) is 13.2. The molecule has 1 N–H and O–H groups in total. The number of ether oxygens (including phenoxy) is 1. The second-order valence-corrected chi connectivity index (χ2v) is 4.80. The standard InChI is InChI=1S/C16H22N2O4/c1-4-17-14(19)10-18(5-2)15(20)11-22-16(21)13-8-6-12(3)7-9-13/h6-9H,4-5,10-11H2,1-3H3,(H,17,19). The van der Waals surface area contributed by atoms with Gasteiger partial charge in [-0.15, -0.1) is 0 Å². The van der Waals surface area contributed by atoms with Crippen molar-refractivity contribution in [3.05, 3.63) is 35.4 Å². The van der Waals surface area contributed by atoms with Gasteiger partial charge in [0.1, 0.15) is 0 Å². The van der Waals surface area contributed by atoms with E-state index in [0.29, 0.717) is 18.7 Å². The van der Waals surface area contributed by atoms with E-state index in [9.17, 15) is 14.4 Å². The highest BCUT2D eigenvalue weighted by molar-refractivity contribution is 5.92. The van der Waals surface area contributed by atoms with Gasteiger partial charge >= 0.3 is 5.97 Å². The number of nitrogens with zero attached hydrogens (tertiary/aromatic N) is 1. The van der Waals surface area contributed by atoms with Crippen LogP contribution in [-0.4, -0.2) is 48.9 Å². The van der Waals surface area contributed by atoms with Crippen LogP contribution in [0, 0.1) is 6.92 Å². The predicted octanol–water partition coefficient (Wildman–Crippen LogP) is 1.14. The molecule has 6 nitrogen and oxygen atoms in total. The van der Waals surface area contributed by atoms with Crippen molar-refractivity contribution < 1.29 is 19.1 Å². The molecular weight excluding hydrogens is 284 g/mol. The summed E-state index contributed by atoms with van der Waals surface area (Å²) in [6, 6.07) is 6.89. The number of hydrogen-bond acceptors (Lipinski definition) is 4. The third kappa shape index (κ3) is 5.55. The van der Waals surface area contributed by atoms with Crippen LogP contribution < -0.4 is 5.32 Å². The quantitative estimate of drug-likeness (QED) is 0.766. The smallest absolute Gasteiger partial charge is 0.338 e. The van der Waals surface area contributed by atoms with Gasteiger partial charge < -0.3 is 15.0 Å². The van der Waals surface area contributed by atoms with Gasteiger partial charge in [0.25, 0.3) is 5.91 Å². The van der Waals surface area contributed by atoms with E-state index in [1.54, 1.807) is 38.1 Å². The number of benzene rings is 1. The predicted molar refractivity (Wildman–Crippen MR) is 82.4 cm³/mol. The van der Waals surface area contributed by atoms with Crippen LogP contribution >= 0.6 is 0 Å². The first kappa shape index (κ1) is 17.7. The molecule has 0 aliphatic heterocycles. The molecule has 0 spiro atoms. The second-order valence-electron chi connectivity index (χ2n) is 4.80. The van der Waals surface area contributed by atoms with Crippen molar-refractivity contribution in [2.75, 3.05) is 26.2 Å². The lowest BCUT2D eigenvalue weighted by atomic mass is 10.1. The number of likely N-dealkylation sites (N-methyl/N-ethyl adjacent to an activating group) is 2. The van der Waals surface area contributed by atoms with Crippen LogP contribution in [0.1, 0.15) is 29.8 Å². The molecular formula is C16H22N2O4. The lowest BCUT2D eigenvalue weighted by Gasteiger charge is -2.20. The molecule has 6 heteroatoms. The van der Waals surface area contributed by atoms with Gasteiger partial charge in [0.2, 0.25) is 5.91 Å². The molecule has 0 fully saturated rings. The van der Waals surface area contributed by atoms with Crippen LogP contribution in [0.5, 0.6) is 0 Å². The highest BCUT2D eigenvalue weighted by Crippen LogP contribution is 2.05. The highest BCUT2D eigenvalue weighted by atomic mass is 16.5. The number of aryl methyl sites for hydroxylation is 1. The van der Waals surface area contributed by atoms with E-state index in [1.807, 2.05) is 6.92 Å². The monoisotopic (exact) mass is 306 g/mol. The number of carbonyl (C=O) groups excluding carboxylic acids is 3. The summed E-state index contributed by atoms with van der Waals surface area (Å²) in [5, 5.41) is 2.62. The van der Waals surface area contributed by atoms with Crippen LogP contribution in [0.2, 0.25) is 0 Å². The van der Waals surface area contributed by atoms with E-state index >= 15 is 0 Å². The lowest BCUT2D eigenvalue weighted by molar-refractivity contribution is -0.138. The molecule has 0 radical (unpaired) electrons. The van der Waals surface area contributed by atoms with Crippen molar-refractivity contribution in [3.8, 4) is 0 Å². The van der Waals surface area contributed by atoms with Crippen LogP contribution in [0.4, 0.5) is 0 Å². The Morgan fingerprint density at radius 2 is 1.77 bits per heavy atom. The Hall–Kier alpha value is -2.37. The minimum Gasteiger partial charge on any atom is -0.452 e. The first-order valence-electron chi connectivity index (χ1n) is 7.26. The van der Waals surface area contributed by atoms with Crippen molar-refractivity contribution in [2.24, 2.45) is 0 Å². The maximum atomic E-state index is 12.0. The number of esters is 1. The van der Waals surface area contributed by atoms with Gasteiger partial charge in [-0.1, -0.05) is 17.7 Å². The van der Waals surface area contributed by atoms with Gasteiger partial charge in [0, 0.05) is 13.1 Å². The molecule has 0 saturated heterocycles. The Bertz CT molecular complexity index is 525. The fourth-order valence-electron chi connectivity index (χ4n) is 1.79.